The molecule has 5 rings (SSSR count). The van der Waals surface area contributed by atoms with E-state index in [0.29, 0.717) is 24.3 Å². The Morgan fingerprint density at radius 3 is 2.35 bits per heavy atom. The number of carbonyl (C=O) groups excluding carboxylic acids is 1. The number of para-hydroxylation sites is 1. The van der Waals surface area contributed by atoms with Gasteiger partial charge >= 0.3 is 0 Å². The van der Waals surface area contributed by atoms with Gasteiger partial charge in [0.15, 0.2) is 0 Å². The Labute approximate surface area is 179 Å². The summed E-state index contributed by atoms with van der Waals surface area (Å²) in [6.45, 7) is 2.71. The molecule has 2 aromatic heterocycles. The summed E-state index contributed by atoms with van der Waals surface area (Å²) in [5.74, 6) is 0.622. The van der Waals surface area contributed by atoms with Gasteiger partial charge in [-0.25, -0.2) is 14.4 Å². The maximum atomic E-state index is 13.5. The van der Waals surface area contributed by atoms with Crippen LogP contribution in [0.25, 0.3) is 22.2 Å². The lowest BCUT2D eigenvalue weighted by Crippen LogP contribution is -2.49. The molecular formula is C25H21FN4O. The number of amides is 1. The molecule has 1 aliphatic rings. The lowest BCUT2D eigenvalue weighted by atomic mass is 10.0. The van der Waals surface area contributed by atoms with E-state index in [9.17, 15) is 9.18 Å². The van der Waals surface area contributed by atoms with Crippen molar-refractivity contribution in [2.45, 2.75) is 0 Å². The molecule has 0 N–H and O–H groups in total. The topological polar surface area (TPSA) is 49.3 Å². The number of anilines is 1. The highest BCUT2D eigenvalue weighted by Gasteiger charge is 2.24. The van der Waals surface area contributed by atoms with Crippen LogP contribution >= 0.6 is 0 Å². The van der Waals surface area contributed by atoms with Crippen LogP contribution in [0.4, 0.5) is 10.2 Å². The van der Waals surface area contributed by atoms with Crippen LogP contribution in [0, 0.1) is 5.82 Å². The second kappa shape index (κ2) is 8.14. The third-order valence-electron chi connectivity index (χ3n) is 5.63. The van der Waals surface area contributed by atoms with Crippen molar-refractivity contribution in [1.82, 2.24) is 14.9 Å². The molecule has 0 radical (unpaired) electrons. The molecule has 31 heavy (non-hydrogen) atoms. The number of aromatic nitrogens is 2. The quantitative estimate of drug-likeness (QED) is 0.501. The summed E-state index contributed by atoms with van der Waals surface area (Å²) in [5.41, 5.74) is 2.81. The first-order valence-electron chi connectivity index (χ1n) is 10.3. The maximum absolute atomic E-state index is 13.5. The highest BCUT2D eigenvalue weighted by Crippen LogP contribution is 2.26. The molecular weight excluding hydrogens is 391 g/mol. The Morgan fingerprint density at radius 2 is 1.61 bits per heavy atom. The number of hydrogen-bond donors (Lipinski definition) is 0. The van der Waals surface area contributed by atoms with Crippen LogP contribution in [0.15, 0.2) is 79.0 Å². The van der Waals surface area contributed by atoms with E-state index in [1.807, 2.05) is 53.4 Å². The van der Waals surface area contributed by atoms with Crippen molar-refractivity contribution in [3.8, 4) is 11.3 Å². The van der Waals surface area contributed by atoms with Crippen LogP contribution in [0.5, 0.6) is 0 Å². The Morgan fingerprint density at radius 1 is 0.871 bits per heavy atom. The van der Waals surface area contributed by atoms with Gasteiger partial charge in [-0.1, -0.05) is 24.3 Å². The number of pyridine rings is 2. The van der Waals surface area contributed by atoms with Crippen molar-refractivity contribution in [2.24, 2.45) is 0 Å². The molecule has 0 unspecified atom stereocenters. The van der Waals surface area contributed by atoms with Gasteiger partial charge in [0.2, 0.25) is 0 Å². The maximum Gasteiger partial charge on any atom is 0.254 e. The van der Waals surface area contributed by atoms with Crippen molar-refractivity contribution in [3.05, 3.63) is 90.4 Å². The predicted molar refractivity (Wildman–Crippen MR) is 119 cm³/mol. The molecule has 0 saturated carbocycles. The van der Waals surface area contributed by atoms with Gasteiger partial charge in [-0.2, -0.15) is 0 Å². The van der Waals surface area contributed by atoms with Crippen LogP contribution in [-0.2, 0) is 0 Å². The Bertz CT molecular complexity index is 1220. The fourth-order valence-corrected chi connectivity index (χ4v) is 3.97. The van der Waals surface area contributed by atoms with E-state index in [1.54, 1.807) is 18.3 Å². The summed E-state index contributed by atoms with van der Waals surface area (Å²) < 4.78 is 13.4. The molecule has 1 fully saturated rings. The molecule has 1 aliphatic heterocycles. The molecule has 5 nitrogen and oxygen atoms in total. The van der Waals surface area contributed by atoms with Crippen LogP contribution in [0.2, 0.25) is 0 Å². The first-order valence-corrected chi connectivity index (χ1v) is 10.3. The number of nitrogens with zero attached hydrogens (tertiary/aromatic N) is 4. The zero-order valence-corrected chi connectivity index (χ0v) is 16.9. The first-order chi connectivity index (χ1) is 15.2. The van der Waals surface area contributed by atoms with Crippen molar-refractivity contribution in [1.29, 1.82) is 0 Å². The normalized spacial score (nSPS) is 14.1. The van der Waals surface area contributed by atoms with E-state index in [-0.39, 0.29) is 11.7 Å². The third kappa shape index (κ3) is 3.84. The van der Waals surface area contributed by atoms with E-state index < -0.39 is 0 Å². The zero-order valence-electron chi connectivity index (χ0n) is 16.9. The molecule has 0 atom stereocenters. The molecule has 2 aromatic carbocycles. The predicted octanol–water partition coefficient (Wildman–Crippen LogP) is 4.40. The van der Waals surface area contributed by atoms with Crippen LogP contribution in [0.1, 0.15) is 10.4 Å². The monoisotopic (exact) mass is 412 g/mol. The average Bonchev–Trinajstić information content (AvgIpc) is 2.84. The largest absolute Gasteiger partial charge is 0.353 e. The summed E-state index contributed by atoms with van der Waals surface area (Å²) in [6, 6.07) is 21.5. The number of rotatable bonds is 3. The molecule has 154 valence electrons. The SMILES string of the molecule is O=C(c1cc(-c2ccc(F)cc2)nc2ccccc12)N1CCN(c2ccccn2)CC1. The van der Waals surface area contributed by atoms with Gasteiger partial charge < -0.3 is 9.80 Å². The first kappa shape index (κ1) is 19.2. The number of piperazine rings is 1. The lowest BCUT2D eigenvalue weighted by Gasteiger charge is -2.35. The summed E-state index contributed by atoms with van der Waals surface area (Å²) >= 11 is 0. The summed E-state index contributed by atoms with van der Waals surface area (Å²) in [5, 5.41) is 0.825. The smallest absolute Gasteiger partial charge is 0.254 e. The van der Waals surface area contributed by atoms with E-state index in [0.717, 1.165) is 35.4 Å². The molecule has 0 aliphatic carbocycles. The van der Waals surface area contributed by atoms with Gasteiger partial charge in [0, 0.05) is 43.3 Å². The van der Waals surface area contributed by atoms with Crippen LogP contribution in [-0.4, -0.2) is 47.0 Å². The summed E-state index contributed by atoms with van der Waals surface area (Å²) in [6.07, 6.45) is 1.78. The highest BCUT2D eigenvalue weighted by molar-refractivity contribution is 6.07. The van der Waals surface area contributed by atoms with Crippen molar-refractivity contribution >= 4 is 22.6 Å². The second-order valence-corrected chi connectivity index (χ2v) is 7.55. The fourth-order valence-electron chi connectivity index (χ4n) is 3.97. The summed E-state index contributed by atoms with van der Waals surface area (Å²) in [4.78, 5) is 26.7. The van der Waals surface area contributed by atoms with Gasteiger partial charge in [-0.3, -0.25) is 4.79 Å². The van der Waals surface area contributed by atoms with Gasteiger partial charge in [0.25, 0.3) is 5.91 Å². The van der Waals surface area contributed by atoms with E-state index >= 15 is 0 Å². The number of fused-ring (bicyclic) bond motifs is 1. The second-order valence-electron chi connectivity index (χ2n) is 7.55. The lowest BCUT2D eigenvalue weighted by molar-refractivity contribution is 0.0748. The molecule has 3 heterocycles. The molecule has 0 spiro atoms. The fraction of sp³-hybridized carbons (Fsp3) is 0.160. The average molecular weight is 412 g/mol. The zero-order chi connectivity index (χ0) is 21.2. The van der Waals surface area contributed by atoms with Gasteiger partial charge in [-0.15, -0.1) is 0 Å². The Kier molecular flexibility index (Phi) is 5.04. The molecule has 6 heteroatoms. The minimum Gasteiger partial charge on any atom is -0.353 e. The summed E-state index contributed by atoms with van der Waals surface area (Å²) in [7, 11) is 0. The molecule has 1 amide bonds. The minimum absolute atomic E-state index is 0.0115. The van der Waals surface area contributed by atoms with E-state index in [4.69, 9.17) is 4.98 Å². The van der Waals surface area contributed by atoms with Crippen molar-refractivity contribution in [2.75, 3.05) is 31.1 Å². The Balaban J connectivity index is 1.45. The third-order valence-corrected chi connectivity index (χ3v) is 5.63. The molecule has 1 saturated heterocycles. The Hall–Kier alpha value is -3.80. The number of carbonyl (C=O) groups is 1. The van der Waals surface area contributed by atoms with Crippen molar-refractivity contribution in [3.63, 3.8) is 0 Å². The van der Waals surface area contributed by atoms with E-state index in [2.05, 4.69) is 9.88 Å². The number of halogens is 1. The van der Waals surface area contributed by atoms with Gasteiger partial charge in [0.05, 0.1) is 16.8 Å². The van der Waals surface area contributed by atoms with Crippen LogP contribution in [0.3, 0.4) is 0 Å². The van der Waals surface area contributed by atoms with Crippen molar-refractivity contribution < 1.29 is 9.18 Å². The number of hydrogen-bond acceptors (Lipinski definition) is 4. The highest BCUT2D eigenvalue weighted by atomic mass is 19.1. The van der Waals surface area contributed by atoms with E-state index in [1.165, 1.54) is 12.1 Å². The van der Waals surface area contributed by atoms with Crippen LogP contribution < -0.4 is 4.90 Å². The molecule has 0 bridgehead atoms. The number of benzene rings is 2. The van der Waals surface area contributed by atoms with Gasteiger partial charge in [-0.05, 0) is 48.5 Å². The minimum atomic E-state index is -0.299. The van der Waals surface area contributed by atoms with Gasteiger partial charge in [0.1, 0.15) is 11.6 Å². The molecule has 4 aromatic rings. The standard InChI is InChI=1S/C25H21FN4O/c26-19-10-8-18(9-11-19)23-17-21(20-5-1-2-6-22(20)28-23)25(31)30-15-13-29(14-16-30)24-7-3-4-12-27-24/h1-12,17H,13-16H2.